The van der Waals surface area contributed by atoms with Crippen LogP contribution in [-0.4, -0.2) is 15.6 Å². The van der Waals surface area contributed by atoms with Gasteiger partial charge in [-0.25, -0.2) is 0 Å². The van der Waals surface area contributed by atoms with Crippen LogP contribution in [-0.2, 0) is 26.3 Å². The number of hydrogen-bond acceptors (Lipinski definition) is 3. The van der Waals surface area contributed by atoms with Gasteiger partial charge in [-0.05, 0) is 65.4 Å². The number of carbonyl (C=O) groups excluding carboxylic acids is 1. The van der Waals surface area contributed by atoms with Crippen LogP contribution in [0.25, 0.3) is 0 Å². The highest BCUT2D eigenvalue weighted by Crippen LogP contribution is 2.29. The largest absolute Gasteiger partial charge is 0.508 e. The minimum Gasteiger partial charge on any atom is -0.508 e. The molecular weight excluding hydrogens is 408 g/mol. The molecule has 0 unspecified atom stereocenters. The van der Waals surface area contributed by atoms with Crippen LogP contribution >= 0.6 is 15.9 Å². The van der Waals surface area contributed by atoms with E-state index in [-0.39, 0.29) is 16.7 Å². The summed E-state index contributed by atoms with van der Waals surface area (Å²) in [6.45, 7) is 7.81. The number of rotatable bonds is 6. The van der Waals surface area contributed by atoms with Gasteiger partial charge in [-0.2, -0.15) is 0 Å². The second-order valence-corrected chi connectivity index (χ2v) is 7.45. The van der Waals surface area contributed by atoms with Crippen molar-refractivity contribution in [3.8, 4) is 5.75 Å². The maximum absolute atomic E-state index is 13.2. The Morgan fingerprint density at radius 2 is 1.74 bits per heavy atom. The zero-order chi connectivity index (χ0) is 20.3. The first-order chi connectivity index (χ1) is 12.8. The zero-order valence-electron chi connectivity index (χ0n) is 16.6. The monoisotopic (exact) mass is 434 g/mol. The molecule has 0 spiro atoms. The van der Waals surface area contributed by atoms with E-state index >= 15 is 0 Å². The molecule has 0 aliphatic rings. The van der Waals surface area contributed by atoms with E-state index in [0.29, 0.717) is 29.4 Å². The summed E-state index contributed by atoms with van der Waals surface area (Å²) in [6.07, 6.45) is 2.79. The molecule has 0 atom stereocenters. The van der Waals surface area contributed by atoms with Crippen molar-refractivity contribution in [1.82, 2.24) is 4.57 Å². The second-order valence-electron chi connectivity index (χ2n) is 6.66. The number of hydrogen-bond donors (Lipinski definition) is 2. The van der Waals surface area contributed by atoms with E-state index in [4.69, 9.17) is 0 Å². The van der Waals surface area contributed by atoms with Crippen LogP contribution in [0.2, 0.25) is 0 Å². The van der Waals surface area contributed by atoms with Gasteiger partial charge >= 0.3 is 0 Å². The van der Waals surface area contributed by atoms with E-state index in [1.807, 2.05) is 39.3 Å². The average molecular weight is 435 g/mol. The molecule has 1 aromatic carbocycles. The number of nitrogens with one attached hydrogen (secondary N) is 1. The third-order valence-electron chi connectivity index (χ3n) is 4.94. The number of benzene rings is 1. The SMILES string of the molecule is CCCc1c(C(=O)Nc2c(CC)cc(O)cc2CC)c(=O)c(Br)c(C)n1C. The van der Waals surface area contributed by atoms with E-state index in [1.165, 1.54) is 0 Å². The molecule has 0 radical (unpaired) electrons. The average Bonchev–Trinajstić information content (AvgIpc) is 2.65. The van der Waals surface area contributed by atoms with Crippen molar-refractivity contribution in [3.63, 3.8) is 0 Å². The fourth-order valence-corrected chi connectivity index (χ4v) is 3.79. The molecule has 2 N–H and O–H groups in total. The number of aromatic hydroxyl groups is 1. The van der Waals surface area contributed by atoms with Crippen LogP contribution in [0.15, 0.2) is 21.4 Å². The first kappa shape index (κ1) is 21.2. The van der Waals surface area contributed by atoms with Crippen LogP contribution in [0.5, 0.6) is 5.75 Å². The van der Waals surface area contributed by atoms with Crippen LogP contribution in [0.1, 0.15) is 60.1 Å². The Morgan fingerprint density at radius 1 is 1.19 bits per heavy atom. The molecule has 1 amide bonds. The molecule has 6 heteroatoms. The van der Waals surface area contributed by atoms with Gasteiger partial charge in [0.25, 0.3) is 5.91 Å². The quantitative estimate of drug-likeness (QED) is 0.657. The summed E-state index contributed by atoms with van der Waals surface area (Å²) in [4.78, 5) is 26.0. The van der Waals surface area contributed by atoms with Crippen molar-refractivity contribution in [3.05, 3.63) is 54.9 Å². The van der Waals surface area contributed by atoms with Crippen molar-refractivity contribution in [2.45, 2.75) is 53.4 Å². The molecule has 5 nitrogen and oxygen atoms in total. The Labute approximate surface area is 168 Å². The van der Waals surface area contributed by atoms with Crippen LogP contribution in [0, 0.1) is 6.92 Å². The summed E-state index contributed by atoms with van der Waals surface area (Å²) in [7, 11) is 1.87. The first-order valence-corrected chi connectivity index (χ1v) is 10.1. The van der Waals surface area contributed by atoms with Gasteiger partial charge in [0.1, 0.15) is 11.3 Å². The Morgan fingerprint density at radius 3 is 2.22 bits per heavy atom. The van der Waals surface area contributed by atoms with Gasteiger partial charge < -0.3 is 15.0 Å². The number of aromatic nitrogens is 1. The Kier molecular flexibility index (Phi) is 6.87. The van der Waals surface area contributed by atoms with Crippen LogP contribution in [0.3, 0.4) is 0 Å². The predicted molar refractivity (Wildman–Crippen MR) is 113 cm³/mol. The highest BCUT2D eigenvalue weighted by atomic mass is 79.9. The van der Waals surface area contributed by atoms with E-state index in [9.17, 15) is 14.7 Å². The number of pyridine rings is 1. The molecule has 0 aliphatic carbocycles. The second kappa shape index (κ2) is 8.74. The number of halogens is 1. The normalized spacial score (nSPS) is 10.9. The van der Waals surface area contributed by atoms with Crippen molar-refractivity contribution in [2.24, 2.45) is 7.05 Å². The lowest BCUT2D eigenvalue weighted by atomic mass is 10.0. The Hall–Kier alpha value is -2.08. The summed E-state index contributed by atoms with van der Waals surface area (Å²) in [5.41, 5.74) is 3.80. The third-order valence-corrected chi connectivity index (χ3v) is 5.88. The number of aryl methyl sites for hydroxylation is 2. The lowest BCUT2D eigenvalue weighted by Gasteiger charge is -2.19. The van der Waals surface area contributed by atoms with Gasteiger partial charge in [-0.1, -0.05) is 27.2 Å². The number of nitrogens with zero attached hydrogens (tertiary/aromatic N) is 1. The molecule has 0 saturated heterocycles. The van der Waals surface area contributed by atoms with Crippen molar-refractivity contribution < 1.29 is 9.90 Å². The lowest BCUT2D eigenvalue weighted by molar-refractivity contribution is 0.102. The van der Waals surface area contributed by atoms with Crippen molar-refractivity contribution in [2.75, 3.05) is 5.32 Å². The van der Waals surface area contributed by atoms with E-state index < -0.39 is 5.91 Å². The molecule has 0 aliphatic heterocycles. The first-order valence-electron chi connectivity index (χ1n) is 9.30. The number of phenolic OH excluding ortho intramolecular Hbond substituents is 1. The molecule has 146 valence electrons. The van der Waals surface area contributed by atoms with Crippen molar-refractivity contribution in [1.29, 1.82) is 0 Å². The highest BCUT2D eigenvalue weighted by Gasteiger charge is 2.23. The maximum atomic E-state index is 13.2. The van der Waals surface area contributed by atoms with Gasteiger partial charge in [-0.15, -0.1) is 0 Å². The summed E-state index contributed by atoms with van der Waals surface area (Å²) in [5.74, 6) is -0.225. The van der Waals surface area contributed by atoms with E-state index in [1.54, 1.807) is 12.1 Å². The van der Waals surface area contributed by atoms with Gasteiger partial charge in [0.2, 0.25) is 5.43 Å². The predicted octanol–water partition coefficient (Wildman–Crippen LogP) is 4.49. The zero-order valence-corrected chi connectivity index (χ0v) is 18.2. The molecule has 2 aromatic rings. The smallest absolute Gasteiger partial charge is 0.261 e. The van der Waals surface area contributed by atoms with Gasteiger partial charge in [-0.3, -0.25) is 9.59 Å². The summed E-state index contributed by atoms with van der Waals surface area (Å²) in [5, 5.41) is 12.9. The summed E-state index contributed by atoms with van der Waals surface area (Å²) in [6, 6.07) is 3.32. The maximum Gasteiger partial charge on any atom is 0.261 e. The minimum atomic E-state index is -0.408. The molecule has 1 heterocycles. The molecular formula is C21H27BrN2O3. The fourth-order valence-electron chi connectivity index (χ4n) is 3.33. The number of carbonyl (C=O) groups is 1. The third kappa shape index (κ3) is 4.10. The lowest BCUT2D eigenvalue weighted by Crippen LogP contribution is -2.29. The van der Waals surface area contributed by atoms with Gasteiger partial charge in [0.15, 0.2) is 0 Å². The topological polar surface area (TPSA) is 71.3 Å². The van der Waals surface area contributed by atoms with Gasteiger partial charge in [0.05, 0.1) is 4.47 Å². The van der Waals surface area contributed by atoms with Crippen molar-refractivity contribution >= 4 is 27.5 Å². The molecule has 27 heavy (non-hydrogen) atoms. The molecule has 0 fully saturated rings. The highest BCUT2D eigenvalue weighted by molar-refractivity contribution is 9.10. The van der Waals surface area contributed by atoms with Crippen LogP contribution in [0.4, 0.5) is 5.69 Å². The summed E-state index contributed by atoms with van der Waals surface area (Å²) < 4.78 is 2.31. The molecule has 1 aromatic heterocycles. The minimum absolute atomic E-state index is 0.175. The van der Waals surface area contributed by atoms with E-state index in [2.05, 4.69) is 21.2 Å². The number of anilines is 1. The standard InChI is InChI=1S/C21H27BrN2O3/c1-6-9-16-17(20(26)18(22)12(4)24(16)5)21(27)23-19-13(7-2)10-15(25)11-14(19)8-3/h10-11,25H,6-9H2,1-5H3,(H,23,27). The fraction of sp³-hybridized carbons (Fsp3) is 0.429. The number of amides is 1. The van der Waals surface area contributed by atoms with Gasteiger partial charge in [0, 0.05) is 24.1 Å². The van der Waals surface area contributed by atoms with E-state index in [0.717, 1.165) is 28.9 Å². The molecule has 0 saturated carbocycles. The Balaban J connectivity index is 2.63. The van der Waals surface area contributed by atoms with Crippen LogP contribution < -0.4 is 10.7 Å². The Bertz CT molecular complexity index is 907. The number of phenols is 1. The molecule has 2 rings (SSSR count). The molecule has 0 bridgehead atoms. The summed E-state index contributed by atoms with van der Waals surface area (Å²) >= 11 is 3.34.